The molecule has 7 unspecified atom stereocenters. The van der Waals surface area contributed by atoms with Crippen molar-refractivity contribution in [3.05, 3.63) is 156 Å². The first-order chi connectivity index (χ1) is 38.6. The van der Waals surface area contributed by atoms with Crippen molar-refractivity contribution in [2.45, 2.75) is 161 Å². The maximum absolute atomic E-state index is 13.3. The molecule has 6 rings (SSSR count). The van der Waals surface area contributed by atoms with Gasteiger partial charge in [0.1, 0.15) is 23.7 Å². The number of nitrogens with one attached hydrogen (secondary N) is 6. The van der Waals surface area contributed by atoms with Crippen LogP contribution >= 0.6 is 0 Å². The lowest BCUT2D eigenvalue weighted by molar-refractivity contribution is -0.301. The van der Waals surface area contributed by atoms with Crippen LogP contribution in [-0.2, 0) is 54.9 Å². The summed E-state index contributed by atoms with van der Waals surface area (Å²) >= 11 is 0. The summed E-state index contributed by atoms with van der Waals surface area (Å²) in [5, 5.41) is 25.7. The lowest BCUT2D eigenvalue weighted by Crippen LogP contribution is -2.58. The van der Waals surface area contributed by atoms with Gasteiger partial charge in [-0.2, -0.15) is 0 Å². The fourth-order valence-electron chi connectivity index (χ4n) is 9.73. The molecule has 1 aliphatic carbocycles. The van der Waals surface area contributed by atoms with E-state index in [1.54, 1.807) is 20.8 Å². The maximum atomic E-state index is 13.3. The summed E-state index contributed by atoms with van der Waals surface area (Å²) in [6.07, 6.45) is 18.0. The molecule has 17 heteroatoms. The van der Waals surface area contributed by atoms with E-state index in [4.69, 9.17) is 24.7 Å². The van der Waals surface area contributed by atoms with E-state index in [-0.39, 0.29) is 24.7 Å². The zero-order valence-corrected chi connectivity index (χ0v) is 48.4. The molecule has 3 aromatic carbocycles. The minimum Gasteiger partial charge on any atom is -0.381 e. The van der Waals surface area contributed by atoms with E-state index in [0.717, 1.165) is 52.4 Å². The van der Waals surface area contributed by atoms with Gasteiger partial charge >= 0.3 is 0 Å². The lowest BCUT2D eigenvalue weighted by atomic mass is 9.76. The molecule has 0 saturated carbocycles. The SMILES string of the molecule is C/C=C\C=C/C(C)C(OC(C)C(NC(=O)C(CCCCN)NC=O)C(=O)NC)(c1ccccc1)c1ccccc1.CC.CC1C[C@@H](C(O)C(=O)NC(CC2=CCCC=C2)C(=O)NCCc2c[nH]c3ccccc23)OCOC(C)(C)O1. The number of aromatic nitrogens is 1. The Labute approximate surface area is 474 Å². The van der Waals surface area contributed by atoms with Gasteiger partial charge in [-0.05, 0) is 108 Å². The predicted molar refractivity (Wildman–Crippen MR) is 315 cm³/mol. The van der Waals surface area contributed by atoms with Crippen LogP contribution in [0.4, 0.5) is 0 Å². The van der Waals surface area contributed by atoms with Crippen molar-refractivity contribution in [3.8, 4) is 0 Å². The average molecular weight is 1100 g/mol. The summed E-state index contributed by atoms with van der Waals surface area (Å²) in [6, 6.07) is 25.1. The molecule has 2 heterocycles. The van der Waals surface area contributed by atoms with Gasteiger partial charge in [0.15, 0.2) is 18.7 Å². The van der Waals surface area contributed by atoms with Crippen LogP contribution in [0.5, 0.6) is 0 Å². The topological polar surface area (TPSA) is 244 Å². The van der Waals surface area contributed by atoms with Crippen molar-refractivity contribution in [3.63, 3.8) is 0 Å². The zero-order valence-electron chi connectivity index (χ0n) is 48.4. The molecular formula is C63H89N7O10. The number of likely N-dealkylation sites (N-methyl/N-ethyl adjacent to an activating group) is 1. The van der Waals surface area contributed by atoms with Crippen LogP contribution in [0.3, 0.4) is 0 Å². The number of ether oxygens (including phenoxy) is 4. The predicted octanol–water partition coefficient (Wildman–Crippen LogP) is 7.85. The molecule has 1 saturated heterocycles. The van der Waals surface area contributed by atoms with Gasteiger partial charge in [0.05, 0.1) is 18.3 Å². The molecule has 1 fully saturated rings. The summed E-state index contributed by atoms with van der Waals surface area (Å²) in [6.45, 7) is 16.0. The number of nitrogens with two attached hydrogens (primary N) is 1. The van der Waals surface area contributed by atoms with Crippen LogP contribution in [0.2, 0.25) is 0 Å². The highest BCUT2D eigenvalue weighted by molar-refractivity contribution is 5.91. The van der Waals surface area contributed by atoms with Crippen LogP contribution in [0, 0.1) is 5.92 Å². The summed E-state index contributed by atoms with van der Waals surface area (Å²) in [7, 11) is 1.51. The molecular weight excluding hydrogens is 1010 g/mol. The Balaban J connectivity index is 0.000000334. The van der Waals surface area contributed by atoms with E-state index in [1.165, 1.54) is 7.05 Å². The fraction of sp³-hybridized carbons (Fsp3) is 0.476. The van der Waals surface area contributed by atoms with Crippen LogP contribution in [0.1, 0.15) is 117 Å². The Kier molecular flexibility index (Phi) is 28.3. The van der Waals surface area contributed by atoms with E-state index in [0.29, 0.717) is 51.6 Å². The second kappa shape index (κ2) is 34.4. The van der Waals surface area contributed by atoms with E-state index in [9.17, 15) is 29.1 Å². The number of rotatable bonds is 26. The quantitative estimate of drug-likeness (QED) is 0.0171. The molecule has 1 aromatic heterocycles. The molecule has 5 amide bonds. The molecule has 17 nitrogen and oxygen atoms in total. The Morgan fingerprint density at radius 1 is 0.887 bits per heavy atom. The van der Waals surface area contributed by atoms with Crippen LogP contribution < -0.4 is 32.3 Å². The summed E-state index contributed by atoms with van der Waals surface area (Å²) in [5.41, 5.74) is 9.56. The summed E-state index contributed by atoms with van der Waals surface area (Å²) in [5.74, 6) is -2.82. The van der Waals surface area contributed by atoms with Gasteiger partial charge in [-0.25, -0.2) is 0 Å². The number of benzene rings is 3. The van der Waals surface area contributed by atoms with E-state index < -0.39 is 65.5 Å². The molecule has 80 heavy (non-hydrogen) atoms. The van der Waals surface area contributed by atoms with Gasteiger partial charge in [-0.1, -0.05) is 142 Å². The Bertz CT molecular complexity index is 2600. The average Bonchev–Trinajstić information content (AvgIpc) is 3.94. The van der Waals surface area contributed by atoms with Gasteiger partial charge < -0.3 is 61.4 Å². The van der Waals surface area contributed by atoms with Crippen molar-refractivity contribution in [1.82, 2.24) is 31.6 Å². The van der Waals surface area contributed by atoms with Crippen LogP contribution in [0.25, 0.3) is 10.9 Å². The summed E-state index contributed by atoms with van der Waals surface area (Å²) in [4.78, 5) is 67.2. The smallest absolute Gasteiger partial charge is 0.252 e. The Morgan fingerprint density at radius 3 is 2.19 bits per heavy atom. The Hall–Kier alpha value is -6.73. The standard InChI is InChI=1S/C32H44N4O4.C29H39N3O6.C2H6/c1-5-6-9-16-24(2)32(26-17-10-7-11-18-26,27-19-12-8-13-20-27)40-25(3)29(31(39)34-4)36-30(38)28(35-23-37)21-14-15-22-33;1-19-15-25(36-18-37-29(2,3)38-19)26(33)28(35)32-24(16-20-9-5-4-6-10-20)27(34)30-14-13-21-17-31-23-12-8-7-11-22(21)23;1-2/h5-13,16-20,23-25,28-29H,14-15,21-22,33H2,1-4H3,(H,34,39)(H,35,37)(H,36,38);5,7-12,17,19,24-26,31,33H,4,6,13-16,18H2,1-3H3,(H,30,34)(H,32,35);1-2H3/b6-5-,16-9-;;/t;19?,24?,25-,26?;/m.0./s1. The number of hydrogen-bond donors (Lipinski definition) is 8. The molecule has 8 atom stereocenters. The number of aromatic amines is 1. The van der Waals surface area contributed by atoms with Crippen molar-refractivity contribution in [1.29, 1.82) is 0 Å². The minimum absolute atomic E-state index is 0.121. The van der Waals surface area contributed by atoms with Gasteiger partial charge in [0.2, 0.25) is 24.1 Å². The van der Waals surface area contributed by atoms with Gasteiger partial charge in [0.25, 0.3) is 5.91 Å². The third-order valence-corrected chi connectivity index (χ3v) is 13.8. The Morgan fingerprint density at radius 2 is 1.56 bits per heavy atom. The third-order valence-electron chi connectivity index (χ3n) is 13.8. The van der Waals surface area contributed by atoms with Crippen molar-refractivity contribution in [2.75, 3.05) is 26.9 Å². The second-order valence-corrected chi connectivity index (χ2v) is 20.1. The number of hydrogen-bond acceptors (Lipinski definition) is 11. The third kappa shape index (κ3) is 19.8. The molecule has 436 valence electrons. The van der Waals surface area contributed by atoms with Crippen molar-refractivity contribution >= 4 is 40.9 Å². The number of unbranched alkanes of at least 4 members (excludes halogenated alkanes) is 1. The maximum Gasteiger partial charge on any atom is 0.252 e. The number of amides is 5. The number of fused-ring (bicyclic) bond motifs is 1. The first kappa shape index (κ1) is 65.8. The number of aliphatic hydroxyl groups excluding tert-OH is 1. The van der Waals surface area contributed by atoms with E-state index in [2.05, 4.69) is 56.7 Å². The van der Waals surface area contributed by atoms with Crippen molar-refractivity contribution in [2.24, 2.45) is 11.7 Å². The molecule has 2 aliphatic rings. The molecule has 0 spiro atoms. The van der Waals surface area contributed by atoms with E-state index in [1.807, 2.05) is 143 Å². The highest BCUT2D eigenvalue weighted by Gasteiger charge is 2.44. The molecule has 0 bridgehead atoms. The number of carbonyl (C=O) groups excluding carboxylic acids is 5. The van der Waals surface area contributed by atoms with Crippen LogP contribution in [0.15, 0.2) is 139 Å². The van der Waals surface area contributed by atoms with Gasteiger partial charge in [0, 0.05) is 49.5 Å². The van der Waals surface area contributed by atoms with E-state index >= 15 is 0 Å². The molecule has 4 aromatic rings. The first-order valence-electron chi connectivity index (χ1n) is 28.2. The van der Waals surface area contributed by atoms with Gasteiger partial charge in [-0.3, -0.25) is 24.0 Å². The fourth-order valence-corrected chi connectivity index (χ4v) is 9.73. The number of aliphatic hydroxyl groups is 1. The molecule has 0 radical (unpaired) electrons. The highest BCUT2D eigenvalue weighted by atomic mass is 16.8. The monoisotopic (exact) mass is 1100 g/mol. The largest absolute Gasteiger partial charge is 0.381 e. The first-order valence-corrected chi connectivity index (χ1v) is 28.2. The molecule has 1 aliphatic heterocycles. The van der Waals surface area contributed by atoms with Gasteiger partial charge in [-0.15, -0.1) is 0 Å². The number of H-pyrrole nitrogens is 1. The number of allylic oxidation sites excluding steroid dienone is 6. The lowest BCUT2D eigenvalue weighted by Gasteiger charge is -2.42. The second-order valence-electron chi connectivity index (χ2n) is 20.1. The van der Waals surface area contributed by atoms with Crippen molar-refractivity contribution < 1.29 is 48.0 Å². The number of para-hydroxylation sites is 1. The number of carbonyl (C=O) groups is 5. The molecule has 9 N–H and O–H groups in total. The zero-order chi connectivity index (χ0) is 58.5. The van der Waals surface area contributed by atoms with Crippen LogP contribution in [-0.4, -0.2) is 115 Å². The highest BCUT2D eigenvalue weighted by Crippen LogP contribution is 2.43. The minimum atomic E-state index is -1.48. The summed E-state index contributed by atoms with van der Waals surface area (Å²) < 4.78 is 24.0. The normalized spacial score (nSPS) is 18.5.